The third-order valence-electron chi connectivity index (χ3n) is 6.83. The van der Waals surface area contributed by atoms with Crippen molar-refractivity contribution < 1.29 is 13.9 Å². The van der Waals surface area contributed by atoms with E-state index in [4.69, 9.17) is 4.74 Å². The fourth-order valence-corrected chi connectivity index (χ4v) is 5.28. The zero-order valence-corrected chi connectivity index (χ0v) is 16.0. The fraction of sp³-hybridized carbons (Fsp3) is 0.667. The summed E-state index contributed by atoms with van der Waals surface area (Å²) in [6.07, 6.45) is 5.62. The van der Waals surface area contributed by atoms with Gasteiger partial charge in [-0.15, -0.1) is 0 Å². The first kappa shape index (κ1) is 18.7. The molecule has 0 N–H and O–H groups in total. The monoisotopic (exact) mass is 375 g/mol. The number of esters is 1. The van der Waals surface area contributed by atoms with Crippen molar-refractivity contribution in [1.29, 1.82) is 0 Å². The van der Waals surface area contributed by atoms with Crippen LogP contribution in [0.15, 0.2) is 18.2 Å². The topological polar surface area (TPSA) is 55.8 Å². The zero-order chi connectivity index (χ0) is 19.0. The smallest absolute Gasteiger partial charge is 0.308 e. The second kappa shape index (κ2) is 7.40. The summed E-state index contributed by atoms with van der Waals surface area (Å²) in [6, 6.07) is 5.06. The van der Waals surface area contributed by atoms with E-state index in [1.807, 2.05) is 6.92 Å². The Bertz CT molecular complexity index is 695. The highest BCUT2D eigenvalue weighted by atomic mass is 19.1. The molecule has 0 amide bonds. The largest absolute Gasteiger partial charge is 0.758 e. The summed E-state index contributed by atoms with van der Waals surface area (Å²) in [7, 11) is 0. The van der Waals surface area contributed by atoms with Crippen LogP contribution in [0.4, 0.5) is 10.1 Å². The molecule has 2 aliphatic heterocycles. The van der Waals surface area contributed by atoms with Crippen molar-refractivity contribution in [2.24, 2.45) is 5.92 Å². The Morgan fingerprint density at radius 2 is 1.96 bits per heavy atom. The molecule has 1 aromatic rings. The number of benzene rings is 1. The average molecular weight is 375 g/mol. The van der Waals surface area contributed by atoms with Gasteiger partial charge in [-0.2, -0.15) is 0 Å². The van der Waals surface area contributed by atoms with Gasteiger partial charge < -0.3 is 19.9 Å². The number of likely N-dealkylation sites (tertiary alicyclic amines) is 1. The number of piperidine rings is 1. The molecule has 2 heterocycles. The summed E-state index contributed by atoms with van der Waals surface area (Å²) in [6.45, 7) is 4.60. The summed E-state index contributed by atoms with van der Waals surface area (Å²) < 4.78 is 18.9. The summed E-state index contributed by atoms with van der Waals surface area (Å²) in [4.78, 5) is 14.4. The molecule has 0 atom stereocenters. The van der Waals surface area contributed by atoms with Gasteiger partial charge in [0.15, 0.2) is 0 Å². The Kier molecular flexibility index (Phi) is 5.12. The van der Waals surface area contributed by atoms with Gasteiger partial charge in [-0.1, -0.05) is 0 Å². The van der Waals surface area contributed by atoms with Gasteiger partial charge in [-0.3, -0.25) is 4.79 Å². The lowest BCUT2D eigenvalue weighted by Gasteiger charge is -2.45. The van der Waals surface area contributed by atoms with Crippen LogP contribution in [0.2, 0.25) is 0 Å². The van der Waals surface area contributed by atoms with Gasteiger partial charge in [0.2, 0.25) is 0 Å². The van der Waals surface area contributed by atoms with Crippen molar-refractivity contribution in [3.05, 3.63) is 34.8 Å². The maximum absolute atomic E-state index is 13.8. The first-order valence-corrected chi connectivity index (χ1v) is 10.2. The van der Waals surface area contributed by atoms with Gasteiger partial charge in [0.1, 0.15) is 5.82 Å². The highest BCUT2D eigenvalue weighted by molar-refractivity contribution is 5.72. The third-order valence-corrected chi connectivity index (χ3v) is 6.83. The number of hydrogen-bond acceptors (Lipinski definition) is 5. The van der Waals surface area contributed by atoms with Crippen molar-refractivity contribution in [3.8, 4) is 0 Å². The predicted molar refractivity (Wildman–Crippen MR) is 102 cm³/mol. The standard InChI is InChI=1S/C21H28FN2O3/c1-2-27-20(25)15-3-6-17(7-4-15)23-11-9-21(10-12-23)14-24(26)19-8-5-16(22)13-18(19)21/h5,8,13,15,17H,2-4,6-7,9-12,14H2,1H3/q-1. The van der Waals surface area contributed by atoms with Crippen LogP contribution in [-0.2, 0) is 14.9 Å². The van der Waals surface area contributed by atoms with Gasteiger partial charge in [0.25, 0.3) is 0 Å². The van der Waals surface area contributed by atoms with Crippen molar-refractivity contribution in [1.82, 2.24) is 4.90 Å². The lowest BCUT2D eigenvalue weighted by atomic mass is 9.73. The average Bonchev–Trinajstić information content (AvgIpc) is 2.94. The van der Waals surface area contributed by atoms with Crippen LogP contribution in [0.25, 0.3) is 0 Å². The molecular formula is C21H28FN2O3-. The third kappa shape index (κ3) is 3.45. The van der Waals surface area contributed by atoms with Crippen LogP contribution in [0.5, 0.6) is 0 Å². The van der Waals surface area contributed by atoms with E-state index in [1.165, 1.54) is 6.07 Å². The molecule has 1 aromatic carbocycles. The van der Waals surface area contributed by atoms with Gasteiger partial charge in [-0.25, -0.2) is 4.39 Å². The number of rotatable bonds is 3. The van der Waals surface area contributed by atoms with Crippen LogP contribution >= 0.6 is 0 Å². The quantitative estimate of drug-likeness (QED) is 0.756. The molecule has 5 nitrogen and oxygen atoms in total. The highest BCUT2D eigenvalue weighted by Crippen LogP contribution is 2.47. The summed E-state index contributed by atoms with van der Waals surface area (Å²) in [5, 5.41) is 13.4. The predicted octanol–water partition coefficient (Wildman–Crippen LogP) is 3.60. The molecule has 1 aliphatic carbocycles. The number of halogens is 1. The van der Waals surface area contributed by atoms with Crippen LogP contribution in [-0.4, -0.2) is 43.2 Å². The lowest BCUT2D eigenvalue weighted by Crippen LogP contribution is -2.49. The molecule has 0 radical (unpaired) electrons. The van der Waals surface area contributed by atoms with E-state index in [9.17, 15) is 14.4 Å². The highest BCUT2D eigenvalue weighted by Gasteiger charge is 2.44. The van der Waals surface area contributed by atoms with Gasteiger partial charge in [-0.05, 0) is 82.3 Å². The van der Waals surface area contributed by atoms with E-state index in [1.54, 1.807) is 12.1 Å². The van der Waals surface area contributed by atoms with Gasteiger partial charge >= 0.3 is 5.97 Å². The Hall–Kier alpha value is -1.66. The summed E-state index contributed by atoms with van der Waals surface area (Å²) in [5.74, 6) is -0.257. The van der Waals surface area contributed by atoms with E-state index < -0.39 is 0 Å². The number of anilines is 1. The van der Waals surface area contributed by atoms with E-state index >= 15 is 0 Å². The van der Waals surface area contributed by atoms with Crippen LogP contribution < -0.4 is 5.06 Å². The van der Waals surface area contributed by atoms with E-state index in [0.717, 1.165) is 62.2 Å². The molecular weight excluding hydrogens is 347 g/mol. The number of hydrogen-bond donors (Lipinski definition) is 0. The maximum Gasteiger partial charge on any atom is 0.308 e. The Morgan fingerprint density at radius 1 is 1.26 bits per heavy atom. The van der Waals surface area contributed by atoms with Crippen molar-refractivity contribution in [2.45, 2.75) is 56.9 Å². The molecule has 1 spiro atoms. The number of nitrogens with zero attached hydrogens (tertiary/aromatic N) is 2. The van der Waals surface area contributed by atoms with Crippen LogP contribution in [0.3, 0.4) is 0 Å². The maximum atomic E-state index is 13.8. The van der Waals surface area contributed by atoms with E-state index in [-0.39, 0.29) is 23.1 Å². The number of carbonyl (C=O) groups is 1. The molecule has 148 valence electrons. The molecule has 2 fully saturated rings. The van der Waals surface area contributed by atoms with E-state index in [2.05, 4.69) is 4.90 Å². The summed E-state index contributed by atoms with van der Waals surface area (Å²) in [5.41, 5.74) is 1.32. The molecule has 6 heteroatoms. The van der Waals surface area contributed by atoms with Crippen molar-refractivity contribution >= 4 is 11.7 Å². The van der Waals surface area contributed by atoms with Crippen LogP contribution in [0, 0.1) is 16.9 Å². The minimum Gasteiger partial charge on any atom is -0.758 e. The number of carbonyl (C=O) groups excluding carboxylic acids is 1. The Balaban J connectivity index is 1.37. The molecule has 1 saturated heterocycles. The Labute approximate surface area is 160 Å². The normalized spacial score (nSPS) is 27.6. The van der Waals surface area contributed by atoms with Crippen molar-refractivity contribution in [3.63, 3.8) is 0 Å². The SMILES string of the molecule is CCOC(=O)C1CCC(N2CCC3(CC2)CN([O-])c2ccc(F)cc23)CC1. The number of ether oxygens (including phenoxy) is 1. The molecule has 0 bridgehead atoms. The molecule has 3 aliphatic rings. The van der Waals surface area contributed by atoms with Crippen LogP contribution in [0.1, 0.15) is 51.0 Å². The first-order chi connectivity index (χ1) is 13.0. The summed E-state index contributed by atoms with van der Waals surface area (Å²) >= 11 is 0. The molecule has 0 unspecified atom stereocenters. The molecule has 27 heavy (non-hydrogen) atoms. The van der Waals surface area contributed by atoms with Crippen molar-refractivity contribution in [2.75, 3.05) is 31.3 Å². The Morgan fingerprint density at radius 3 is 2.63 bits per heavy atom. The second-order valence-electron chi connectivity index (χ2n) is 8.27. The molecule has 1 saturated carbocycles. The number of hydroxylamine groups is 1. The number of fused-ring (bicyclic) bond motifs is 2. The second-order valence-corrected chi connectivity index (χ2v) is 8.27. The van der Waals surface area contributed by atoms with Gasteiger partial charge in [0, 0.05) is 23.7 Å². The minimum atomic E-state index is -0.261. The minimum absolute atomic E-state index is 0.0475. The molecule has 4 rings (SSSR count). The van der Waals surface area contributed by atoms with Gasteiger partial charge in [0.05, 0.1) is 12.5 Å². The first-order valence-electron chi connectivity index (χ1n) is 10.2. The van der Waals surface area contributed by atoms with E-state index in [0.29, 0.717) is 24.9 Å². The zero-order valence-electron chi connectivity index (χ0n) is 16.0. The lowest BCUT2D eigenvalue weighted by molar-refractivity contribution is -0.149. The fourth-order valence-electron chi connectivity index (χ4n) is 5.28. The molecule has 0 aromatic heterocycles.